The largest absolute Gasteiger partial charge is 0.481 e. The fraction of sp³-hybridized carbons (Fsp3) is 0.176. The van der Waals surface area contributed by atoms with Gasteiger partial charge in [0.05, 0.1) is 0 Å². The first-order chi connectivity index (χ1) is 10.1. The zero-order valence-corrected chi connectivity index (χ0v) is 11.6. The Hall–Kier alpha value is -2.54. The molecular weight excluding hydrogens is 272 g/mol. The fourth-order valence-corrected chi connectivity index (χ4v) is 1.91. The van der Waals surface area contributed by atoms with Gasteiger partial charge in [-0.15, -0.1) is 6.42 Å². The number of benzene rings is 2. The average molecular weight is 287 g/mol. The van der Waals surface area contributed by atoms with Crippen molar-refractivity contribution >= 4 is 5.69 Å². The van der Waals surface area contributed by atoms with Gasteiger partial charge in [-0.2, -0.15) is 0 Å². The first-order valence-electron chi connectivity index (χ1n) is 6.46. The van der Waals surface area contributed by atoms with E-state index in [4.69, 9.17) is 11.2 Å². The van der Waals surface area contributed by atoms with Crippen molar-refractivity contribution in [3.8, 4) is 18.1 Å². The lowest BCUT2D eigenvalue weighted by atomic mass is 10.1. The Morgan fingerprint density at radius 2 is 1.95 bits per heavy atom. The zero-order chi connectivity index (χ0) is 15.2. The van der Waals surface area contributed by atoms with Crippen LogP contribution < -0.4 is 10.1 Å². The summed E-state index contributed by atoms with van der Waals surface area (Å²) >= 11 is 0. The van der Waals surface area contributed by atoms with Crippen LogP contribution in [0.2, 0.25) is 0 Å². The van der Waals surface area contributed by atoms with Crippen LogP contribution in [0.4, 0.5) is 14.5 Å². The number of halogens is 2. The summed E-state index contributed by atoms with van der Waals surface area (Å²) in [5, 5.41) is 2.77. The summed E-state index contributed by atoms with van der Waals surface area (Å²) in [5.74, 6) is 1.76. The van der Waals surface area contributed by atoms with Crippen molar-refractivity contribution in [1.82, 2.24) is 0 Å². The molecule has 0 aliphatic heterocycles. The second-order valence-corrected chi connectivity index (χ2v) is 4.51. The number of aryl methyl sites for hydroxylation is 1. The van der Waals surface area contributed by atoms with Crippen LogP contribution in [0.3, 0.4) is 0 Å². The van der Waals surface area contributed by atoms with E-state index in [1.54, 1.807) is 13.0 Å². The molecule has 108 valence electrons. The summed E-state index contributed by atoms with van der Waals surface area (Å²) in [4.78, 5) is 0. The van der Waals surface area contributed by atoms with Crippen molar-refractivity contribution in [2.45, 2.75) is 13.5 Å². The molecular formula is C17H15F2NO. The molecule has 2 nitrogen and oxygen atoms in total. The Morgan fingerprint density at radius 3 is 2.71 bits per heavy atom. The normalized spacial score (nSPS) is 10.0. The molecule has 2 rings (SSSR count). The van der Waals surface area contributed by atoms with Crippen LogP contribution in [0.25, 0.3) is 0 Å². The Morgan fingerprint density at radius 1 is 1.19 bits per heavy atom. The lowest BCUT2D eigenvalue weighted by Gasteiger charge is -2.13. The lowest BCUT2D eigenvalue weighted by molar-refractivity contribution is 0.366. The van der Waals surface area contributed by atoms with Gasteiger partial charge in [0.2, 0.25) is 0 Å². The quantitative estimate of drug-likeness (QED) is 0.842. The molecule has 0 saturated carbocycles. The van der Waals surface area contributed by atoms with Crippen molar-refractivity contribution in [3.63, 3.8) is 0 Å². The summed E-state index contributed by atoms with van der Waals surface area (Å²) < 4.78 is 33.0. The third kappa shape index (κ3) is 3.51. The molecule has 2 aromatic carbocycles. The highest BCUT2D eigenvalue weighted by atomic mass is 19.1. The SMILES string of the molecule is C#CCOc1ccccc1CNc1c(F)ccc(C)c1F. The number of ether oxygens (including phenoxy) is 1. The molecule has 0 aliphatic rings. The van der Waals surface area contributed by atoms with Crippen molar-refractivity contribution in [2.75, 3.05) is 11.9 Å². The van der Waals surface area contributed by atoms with Gasteiger partial charge in [-0.25, -0.2) is 8.78 Å². The zero-order valence-electron chi connectivity index (χ0n) is 11.6. The molecule has 0 aliphatic carbocycles. The Bertz CT molecular complexity index is 677. The molecule has 1 N–H and O–H groups in total. The molecule has 0 heterocycles. The predicted molar refractivity (Wildman–Crippen MR) is 79.2 cm³/mol. The number of terminal acetylenes is 1. The fourth-order valence-electron chi connectivity index (χ4n) is 1.91. The number of hydrogen-bond acceptors (Lipinski definition) is 2. The first kappa shape index (κ1) is 14.9. The minimum atomic E-state index is -0.625. The topological polar surface area (TPSA) is 21.3 Å². The summed E-state index contributed by atoms with van der Waals surface area (Å²) in [6.45, 7) is 1.96. The van der Waals surface area contributed by atoms with Crippen LogP contribution in [0.1, 0.15) is 11.1 Å². The number of para-hydroxylation sites is 1. The third-order valence-electron chi connectivity index (χ3n) is 3.02. The molecule has 0 atom stereocenters. The summed E-state index contributed by atoms with van der Waals surface area (Å²) in [6.07, 6.45) is 5.16. The van der Waals surface area contributed by atoms with Gasteiger partial charge in [-0.05, 0) is 24.6 Å². The van der Waals surface area contributed by atoms with E-state index < -0.39 is 11.6 Å². The minimum Gasteiger partial charge on any atom is -0.481 e. The van der Waals surface area contributed by atoms with E-state index in [2.05, 4.69) is 11.2 Å². The van der Waals surface area contributed by atoms with Gasteiger partial charge < -0.3 is 10.1 Å². The van der Waals surface area contributed by atoms with Crippen molar-refractivity contribution in [2.24, 2.45) is 0 Å². The maximum Gasteiger partial charge on any atom is 0.152 e. The van der Waals surface area contributed by atoms with Gasteiger partial charge in [0.1, 0.15) is 23.9 Å². The van der Waals surface area contributed by atoms with E-state index in [0.29, 0.717) is 11.3 Å². The molecule has 2 aromatic rings. The van der Waals surface area contributed by atoms with E-state index in [0.717, 1.165) is 5.56 Å². The molecule has 21 heavy (non-hydrogen) atoms. The van der Waals surface area contributed by atoms with Crippen molar-refractivity contribution in [3.05, 3.63) is 59.2 Å². The van der Waals surface area contributed by atoms with E-state index in [-0.39, 0.29) is 18.8 Å². The van der Waals surface area contributed by atoms with Gasteiger partial charge in [0.25, 0.3) is 0 Å². The molecule has 0 bridgehead atoms. The third-order valence-corrected chi connectivity index (χ3v) is 3.02. The predicted octanol–water partition coefficient (Wildman–Crippen LogP) is 3.90. The minimum absolute atomic E-state index is 0.137. The molecule has 0 fully saturated rings. The standard InChI is InChI=1S/C17H15F2NO/c1-3-10-21-15-7-5-4-6-13(15)11-20-17-14(18)9-8-12(2)16(17)19/h1,4-9,20H,10-11H2,2H3. The molecule has 4 heteroatoms. The Labute approximate surface area is 122 Å². The Kier molecular flexibility index (Phi) is 4.78. The van der Waals surface area contributed by atoms with Gasteiger partial charge in [-0.1, -0.05) is 30.2 Å². The second kappa shape index (κ2) is 6.76. The number of hydrogen-bond donors (Lipinski definition) is 1. The maximum absolute atomic E-state index is 13.9. The molecule has 0 spiro atoms. The summed E-state index contributed by atoms with van der Waals surface area (Å²) in [5.41, 5.74) is 1.02. The van der Waals surface area contributed by atoms with E-state index in [1.165, 1.54) is 12.1 Å². The lowest BCUT2D eigenvalue weighted by Crippen LogP contribution is -2.07. The van der Waals surface area contributed by atoms with Gasteiger partial charge in [-0.3, -0.25) is 0 Å². The van der Waals surface area contributed by atoms with Crippen LogP contribution >= 0.6 is 0 Å². The number of rotatable bonds is 5. The molecule has 0 unspecified atom stereocenters. The van der Waals surface area contributed by atoms with Crippen LogP contribution in [-0.4, -0.2) is 6.61 Å². The van der Waals surface area contributed by atoms with Crippen LogP contribution in [0, 0.1) is 30.9 Å². The van der Waals surface area contributed by atoms with E-state index >= 15 is 0 Å². The molecule has 0 amide bonds. The monoisotopic (exact) mass is 287 g/mol. The number of nitrogens with one attached hydrogen (secondary N) is 1. The highest BCUT2D eigenvalue weighted by molar-refractivity contribution is 5.50. The van der Waals surface area contributed by atoms with Crippen LogP contribution in [0.15, 0.2) is 36.4 Å². The van der Waals surface area contributed by atoms with Gasteiger partial charge in [0, 0.05) is 12.1 Å². The average Bonchev–Trinajstić information content (AvgIpc) is 2.50. The first-order valence-corrected chi connectivity index (χ1v) is 6.46. The second-order valence-electron chi connectivity index (χ2n) is 4.51. The van der Waals surface area contributed by atoms with Crippen molar-refractivity contribution in [1.29, 1.82) is 0 Å². The van der Waals surface area contributed by atoms with Gasteiger partial charge >= 0.3 is 0 Å². The Balaban J connectivity index is 2.18. The van der Waals surface area contributed by atoms with E-state index in [9.17, 15) is 8.78 Å². The van der Waals surface area contributed by atoms with E-state index in [1.807, 2.05) is 18.2 Å². The smallest absolute Gasteiger partial charge is 0.152 e. The number of anilines is 1. The highest BCUT2D eigenvalue weighted by Gasteiger charge is 2.12. The molecule has 0 radical (unpaired) electrons. The summed E-state index contributed by atoms with van der Waals surface area (Å²) in [7, 11) is 0. The highest BCUT2D eigenvalue weighted by Crippen LogP contribution is 2.24. The van der Waals surface area contributed by atoms with Crippen LogP contribution in [0.5, 0.6) is 5.75 Å². The van der Waals surface area contributed by atoms with Gasteiger partial charge in [0.15, 0.2) is 5.82 Å². The summed E-state index contributed by atoms with van der Waals surface area (Å²) in [6, 6.07) is 9.84. The molecule has 0 saturated heterocycles. The van der Waals surface area contributed by atoms with Crippen LogP contribution in [-0.2, 0) is 6.54 Å². The molecule has 0 aromatic heterocycles. The van der Waals surface area contributed by atoms with Crippen molar-refractivity contribution < 1.29 is 13.5 Å². The maximum atomic E-state index is 13.9.